The molecule has 0 N–H and O–H groups in total. The van der Waals surface area contributed by atoms with E-state index in [0.29, 0.717) is 11.3 Å². The van der Waals surface area contributed by atoms with Gasteiger partial charge in [0.1, 0.15) is 0 Å². The molecule has 102 valence electrons. The molecule has 1 unspecified atom stereocenters. The van der Waals surface area contributed by atoms with Gasteiger partial charge in [-0.15, -0.1) is 0 Å². The lowest BCUT2D eigenvalue weighted by Gasteiger charge is -2.08. The summed E-state index contributed by atoms with van der Waals surface area (Å²) in [5, 5.41) is 1.62. The smallest absolute Gasteiger partial charge is 0.343 e. The lowest BCUT2D eigenvalue weighted by atomic mass is 9.97. The van der Waals surface area contributed by atoms with E-state index in [0.717, 1.165) is 11.8 Å². The molecule has 2 nitrogen and oxygen atoms in total. The van der Waals surface area contributed by atoms with Gasteiger partial charge in [0.05, 0.1) is 11.6 Å². The second-order valence-corrected chi connectivity index (χ2v) is 3.86. The van der Waals surface area contributed by atoms with Crippen molar-refractivity contribution in [3.05, 3.63) is 46.5 Å². The summed E-state index contributed by atoms with van der Waals surface area (Å²) >= 11 is 0. The molecule has 2 heteroatoms. The Bertz CT molecular complexity index is 526. The summed E-state index contributed by atoms with van der Waals surface area (Å²) in [6.07, 6.45) is 2.51. The van der Waals surface area contributed by atoms with Gasteiger partial charge in [0.2, 0.25) is 0 Å². The summed E-state index contributed by atoms with van der Waals surface area (Å²) in [6.45, 7) is 4.30. The Balaban J connectivity index is 0. The number of hydrogen-bond acceptors (Lipinski definition) is 2. The highest BCUT2D eigenvalue weighted by Gasteiger charge is 2.05. The SMILES string of the molecule is C.C.C.CCC(C)c1ccc2ccoc(=O)c2c1. The molecule has 0 radical (unpaired) electrons. The number of rotatable bonds is 2. The van der Waals surface area contributed by atoms with E-state index in [9.17, 15) is 4.79 Å². The molecule has 0 amide bonds. The molecule has 0 saturated carbocycles. The zero-order valence-corrected chi connectivity index (χ0v) is 8.99. The predicted octanol–water partition coefficient (Wildman–Crippen LogP) is 5.21. The van der Waals surface area contributed by atoms with Crippen molar-refractivity contribution in [2.45, 2.75) is 48.5 Å². The Morgan fingerprint density at radius 2 is 1.83 bits per heavy atom. The summed E-state index contributed by atoms with van der Waals surface area (Å²) in [4.78, 5) is 11.5. The van der Waals surface area contributed by atoms with Gasteiger partial charge in [0.25, 0.3) is 0 Å². The lowest BCUT2D eigenvalue weighted by molar-refractivity contribution is 0.519. The fraction of sp³-hybridized carbons (Fsp3) is 0.438. The second kappa shape index (κ2) is 7.70. The van der Waals surface area contributed by atoms with Crippen LogP contribution in [0.1, 0.15) is 54.0 Å². The fourth-order valence-corrected chi connectivity index (χ4v) is 1.67. The number of benzene rings is 1. The van der Waals surface area contributed by atoms with Crippen LogP contribution >= 0.6 is 0 Å². The Kier molecular flexibility index (Phi) is 8.03. The van der Waals surface area contributed by atoms with Gasteiger partial charge in [-0.25, -0.2) is 4.79 Å². The molecule has 0 spiro atoms. The first-order valence-corrected chi connectivity index (χ1v) is 5.24. The standard InChI is InChI=1S/C13H14O2.3CH4/c1-3-9(2)11-5-4-10-6-7-15-13(14)12(10)8-11;;;/h4-9H,3H2,1-2H3;3*1H4. The largest absolute Gasteiger partial charge is 0.431 e. The molecule has 0 bridgehead atoms. The van der Waals surface area contributed by atoms with E-state index in [-0.39, 0.29) is 27.9 Å². The van der Waals surface area contributed by atoms with Gasteiger partial charge in [-0.3, -0.25) is 0 Å². The van der Waals surface area contributed by atoms with Crippen molar-refractivity contribution < 1.29 is 4.42 Å². The van der Waals surface area contributed by atoms with Gasteiger partial charge in [0, 0.05) is 0 Å². The van der Waals surface area contributed by atoms with Crippen LogP contribution in [0, 0.1) is 0 Å². The van der Waals surface area contributed by atoms with Crippen molar-refractivity contribution in [3.63, 3.8) is 0 Å². The van der Waals surface area contributed by atoms with Crippen molar-refractivity contribution >= 4 is 10.8 Å². The van der Waals surface area contributed by atoms with Crippen LogP contribution in [0.15, 0.2) is 39.7 Å². The molecule has 0 aliphatic carbocycles. The van der Waals surface area contributed by atoms with Crippen LogP contribution < -0.4 is 5.63 Å². The molecule has 1 heterocycles. The molecular weight excluding hydrogens is 224 g/mol. The van der Waals surface area contributed by atoms with Gasteiger partial charge in [0.15, 0.2) is 0 Å². The van der Waals surface area contributed by atoms with Crippen LogP contribution in [0.25, 0.3) is 10.8 Å². The Morgan fingerprint density at radius 3 is 2.44 bits per heavy atom. The van der Waals surface area contributed by atoms with Crippen molar-refractivity contribution in [1.29, 1.82) is 0 Å². The molecular formula is C16H26O2. The van der Waals surface area contributed by atoms with E-state index >= 15 is 0 Å². The fourth-order valence-electron chi connectivity index (χ4n) is 1.67. The Labute approximate surface area is 111 Å². The molecule has 0 saturated heterocycles. The molecule has 2 rings (SSSR count). The zero-order chi connectivity index (χ0) is 10.8. The number of hydrogen-bond donors (Lipinski definition) is 0. The molecule has 1 aromatic heterocycles. The maximum atomic E-state index is 11.5. The molecule has 2 aromatic rings. The first-order chi connectivity index (χ1) is 7.22. The molecule has 0 fully saturated rings. The maximum Gasteiger partial charge on any atom is 0.343 e. The lowest BCUT2D eigenvalue weighted by Crippen LogP contribution is -2.00. The first-order valence-electron chi connectivity index (χ1n) is 5.24. The third kappa shape index (κ3) is 3.46. The van der Waals surface area contributed by atoms with Crippen LogP contribution in [0.5, 0.6) is 0 Å². The van der Waals surface area contributed by atoms with E-state index in [1.54, 1.807) is 0 Å². The monoisotopic (exact) mass is 250 g/mol. The molecule has 0 aliphatic rings. The highest BCUT2D eigenvalue weighted by atomic mass is 16.4. The second-order valence-electron chi connectivity index (χ2n) is 3.86. The average molecular weight is 250 g/mol. The van der Waals surface area contributed by atoms with Crippen molar-refractivity contribution in [2.24, 2.45) is 0 Å². The summed E-state index contributed by atoms with van der Waals surface area (Å²) in [5.74, 6) is 0.481. The van der Waals surface area contributed by atoms with Crippen LogP contribution in [-0.4, -0.2) is 0 Å². The average Bonchev–Trinajstić information content (AvgIpc) is 2.28. The van der Waals surface area contributed by atoms with E-state index < -0.39 is 0 Å². The summed E-state index contributed by atoms with van der Waals surface area (Å²) in [5.41, 5.74) is 0.946. The molecule has 1 atom stereocenters. The van der Waals surface area contributed by atoms with Gasteiger partial charge in [-0.1, -0.05) is 48.3 Å². The van der Waals surface area contributed by atoms with E-state index in [1.165, 1.54) is 11.8 Å². The van der Waals surface area contributed by atoms with Crippen LogP contribution in [0.3, 0.4) is 0 Å². The van der Waals surface area contributed by atoms with Crippen LogP contribution in [0.4, 0.5) is 0 Å². The quantitative estimate of drug-likeness (QED) is 0.732. The minimum Gasteiger partial charge on any atom is -0.431 e. The van der Waals surface area contributed by atoms with Crippen molar-refractivity contribution in [1.82, 2.24) is 0 Å². The summed E-state index contributed by atoms with van der Waals surface area (Å²) < 4.78 is 4.85. The predicted molar refractivity (Wildman–Crippen MR) is 81.4 cm³/mol. The van der Waals surface area contributed by atoms with Crippen molar-refractivity contribution in [3.8, 4) is 0 Å². The normalized spacial score (nSPS) is 10.8. The summed E-state index contributed by atoms with van der Waals surface area (Å²) in [7, 11) is 0. The van der Waals surface area contributed by atoms with Crippen LogP contribution in [0.2, 0.25) is 0 Å². The summed E-state index contributed by atoms with van der Waals surface area (Å²) in [6, 6.07) is 7.82. The highest BCUT2D eigenvalue weighted by Crippen LogP contribution is 2.21. The van der Waals surface area contributed by atoms with E-state index in [4.69, 9.17) is 4.42 Å². The first kappa shape index (κ1) is 18.8. The van der Waals surface area contributed by atoms with Gasteiger partial charge in [-0.2, -0.15) is 0 Å². The maximum absolute atomic E-state index is 11.5. The minimum atomic E-state index is -0.252. The Morgan fingerprint density at radius 1 is 1.17 bits per heavy atom. The molecule has 0 aliphatic heterocycles. The molecule has 1 aromatic carbocycles. The third-order valence-electron chi connectivity index (χ3n) is 2.90. The highest BCUT2D eigenvalue weighted by molar-refractivity contribution is 5.81. The minimum absolute atomic E-state index is 0. The van der Waals surface area contributed by atoms with E-state index in [2.05, 4.69) is 19.9 Å². The molecule has 18 heavy (non-hydrogen) atoms. The van der Waals surface area contributed by atoms with Gasteiger partial charge in [-0.05, 0) is 35.4 Å². The number of fused-ring (bicyclic) bond motifs is 1. The topological polar surface area (TPSA) is 30.2 Å². The van der Waals surface area contributed by atoms with Gasteiger partial charge < -0.3 is 4.42 Å². The van der Waals surface area contributed by atoms with Crippen LogP contribution in [-0.2, 0) is 0 Å². The van der Waals surface area contributed by atoms with Gasteiger partial charge >= 0.3 is 5.63 Å². The zero-order valence-electron chi connectivity index (χ0n) is 8.99. The third-order valence-corrected chi connectivity index (χ3v) is 2.90. The Hall–Kier alpha value is -1.57. The van der Waals surface area contributed by atoms with Crippen molar-refractivity contribution in [2.75, 3.05) is 0 Å². The van der Waals surface area contributed by atoms with E-state index in [1.807, 2.05) is 18.2 Å².